The van der Waals surface area contributed by atoms with Crippen LogP contribution in [0.15, 0.2) is 18.2 Å². The minimum absolute atomic E-state index is 0.0552. The van der Waals surface area contributed by atoms with Gasteiger partial charge in [0.1, 0.15) is 11.9 Å². The molecule has 20 heavy (non-hydrogen) atoms. The van der Waals surface area contributed by atoms with Gasteiger partial charge in [-0.25, -0.2) is 0 Å². The normalized spacial score (nSPS) is 19.6. The van der Waals surface area contributed by atoms with E-state index in [1.54, 1.807) is 12.1 Å². The van der Waals surface area contributed by atoms with E-state index in [1.165, 1.54) is 18.4 Å². The Morgan fingerprint density at radius 2 is 2.25 bits per heavy atom. The molecule has 1 aromatic carbocycles. The number of nitrogens with zero attached hydrogens (tertiary/aromatic N) is 1. The lowest BCUT2D eigenvalue weighted by Gasteiger charge is -2.31. The van der Waals surface area contributed by atoms with Gasteiger partial charge in [-0.2, -0.15) is 0 Å². The van der Waals surface area contributed by atoms with Crippen molar-refractivity contribution < 1.29 is 14.6 Å². The first-order chi connectivity index (χ1) is 9.63. The molecule has 0 radical (unpaired) electrons. The van der Waals surface area contributed by atoms with Gasteiger partial charge in [-0.05, 0) is 55.4 Å². The molecule has 1 heterocycles. The number of carbonyl (C=O) groups excluding carboxylic acids is 1. The lowest BCUT2D eigenvalue weighted by Crippen LogP contribution is -2.42. The third-order valence-corrected chi connectivity index (χ3v) is 4.14. The largest absolute Gasteiger partial charge is 0.508 e. The number of amides is 1. The van der Waals surface area contributed by atoms with E-state index in [1.807, 2.05) is 17.9 Å². The van der Waals surface area contributed by atoms with Crippen LogP contribution in [0, 0.1) is 5.92 Å². The van der Waals surface area contributed by atoms with Gasteiger partial charge >= 0.3 is 0 Å². The van der Waals surface area contributed by atoms with Crippen molar-refractivity contribution in [1.29, 1.82) is 0 Å². The summed E-state index contributed by atoms with van der Waals surface area (Å²) in [7, 11) is 0. The highest BCUT2D eigenvalue weighted by Crippen LogP contribution is 2.29. The standard InChI is InChI=1S/C16H21NO3/c1-11(20-10-12-2-3-12)16(19)17-7-6-13-4-5-15(18)8-14(13)9-17/h4-5,8,11-12,18H,2-3,6-7,9-10H2,1H3. The maximum Gasteiger partial charge on any atom is 0.251 e. The van der Waals surface area contributed by atoms with Crippen LogP contribution in [0.4, 0.5) is 0 Å². The van der Waals surface area contributed by atoms with E-state index in [9.17, 15) is 9.90 Å². The molecule has 1 aromatic rings. The SMILES string of the molecule is CC(OCC1CC1)C(=O)N1CCc2ccc(O)cc2C1. The zero-order valence-corrected chi connectivity index (χ0v) is 11.8. The molecule has 1 unspecified atom stereocenters. The van der Waals surface area contributed by atoms with Crippen molar-refractivity contribution in [3.05, 3.63) is 29.3 Å². The van der Waals surface area contributed by atoms with E-state index >= 15 is 0 Å². The Balaban J connectivity index is 1.61. The van der Waals surface area contributed by atoms with Crippen molar-refractivity contribution in [2.45, 2.75) is 38.8 Å². The third kappa shape index (κ3) is 2.96. The zero-order valence-electron chi connectivity index (χ0n) is 11.8. The van der Waals surface area contributed by atoms with Crippen molar-refractivity contribution in [1.82, 2.24) is 4.90 Å². The molecule has 4 heteroatoms. The van der Waals surface area contributed by atoms with E-state index in [0.717, 1.165) is 18.5 Å². The number of carbonyl (C=O) groups is 1. The lowest BCUT2D eigenvalue weighted by molar-refractivity contribution is -0.143. The van der Waals surface area contributed by atoms with Crippen LogP contribution in [0.1, 0.15) is 30.9 Å². The Kier molecular flexibility index (Phi) is 3.66. The number of ether oxygens (including phenoxy) is 1. The third-order valence-electron chi connectivity index (χ3n) is 4.14. The summed E-state index contributed by atoms with van der Waals surface area (Å²) in [6.07, 6.45) is 2.94. The van der Waals surface area contributed by atoms with E-state index in [0.29, 0.717) is 19.1 Å². The first kappa shape index (κ1) is 13.4. The Morgan fingerprint density at radius 3 is 3.00 bits per heavy atom. The Labute approximate surface area is 119 Å². The summed E-state index contributed by atoms with van der Waals surface area (Å²) in [4.78, 5) is 14.2. The molecule has 0 saturated heterocycles. The number of benzene rings is 1. The van der Waals surface area contributed by atoms with Gasteiger partial charge in [-0.3, -0.25) is 4.79 Å². The van der Waals surface area contributed by atoms with E-state index < -0.39 is 0 Å². The van der Waals surface area contributed by atoms with Crippen LogP contribution in [0.25, 0.3) is 0 Å². The number of phenols is 1. The van der Waals surface area contributed by atoms with Gasteiger partial charge in [-0.15, -0.1) is 0 Å². The van der Waals surface area contributed by atoms with Crippen molar-refractivity contribution >= 4 is 5.91 Å². The maximum atomic E-state index is 12.4. The molecular weight excluding hydrogens is 254 g/mol. The number of hydrogen-bond donors (Lipinski definition) is 1. The molecule has 3 rings (SSSR count). The van der Waals surface area contributed by atoms with Crippen molar-refractivity contribution in [2.24, 2.45) is 5.92 Å². The Morgan fingerprint density at radius 1 is 1.45 bits per heavy atom. The summed E-state index contributed by atoms with van der Waals surface area (Å²) in [5, 5.41) is 9.55. The molecule has 0 spiro atoms. The fourth-order valence-corrected chi connectivity index (χ4v) is 2.62. The molecule has 1 fully saturated rings. The summed E-state index contributed by atoms with van der Waals surface area (Å²) in [5.41, 5.74) is 2.26. The van der Waals surface area contributed by atoms with Gasteiger partial charge in [0, 0.05) is 13.1 Å². The molecule has 4 nitrogen and oxygen atoms in total. The fraction of sp³-hybridized carbons (Fsp3) is 0.562. The number of rotatable bonds is 4. The second-order valence-electron chi connectivity index (χ2n) is 5.88. The first-order valence-electron chi connectivity index (χ1n) is 7.34. The summed E-state index contributed by atoms with van der Waals surface area (Å²) < 4.78 is 5.65. The summed E-state index contributed by atoms with van der Waals surface area (Å²) >= 11 is 0. The molecule has 1 aliphatic heterocycles. The van der Waals surface area contributed by atoms with Crippen molar-refractivity contribution in [2.75, 3.05) is 13.2 Å². The second-order valence-corrected chi connectivity index (χ2v) is 5.88. The zero-order chi connectivity index (χ0) is 14.1. The minimum Gasteiger partial charge on any atom is -0.508 e. The molecule has 0 aromatic heterocycles. The monoisotopic (exact) mass is 275 g/mol. The van der Waals surface area contributed by atoms with Gasteiger partial charge in [0.25, 0.3) is 5.91 Å². The quantitative estimate of drug-likeness (QED) is 0.915. The predicted octanol–water partition coefficient (Wildman–Crippen LogP) is 2.09. The number of hydrogen-bond acceptors (Lipinski definition) is 3. The Hall–Kier alpha value is -1.55. The van der Waals surface area contributed by atoms with Crippen LogP contribution >= 0.6 is 0 Å². The molecular formula is C16H21NO3. The van der Waals surface area contributed by atoms with Crippen LogP contribution in [-0.4, -0.2) is 35.2 Å². The first-order valence-corrected chi connectivity index (χ1v) is 7.34. The van der Waals surface area contributed by atoms with Crippen molar-refractivity contribution in [3.63, 3.8) is 0 Å². The van der Waals surface area contributed by atoms with Crippen LogP contribution in [0.2, 0.25) is 0 Å². The van der Waals surface area contributed by atoms with Gasteiger partial charge in [0.15, 0.2) is 0 Å². The molecule has 108 valence electrons. The summed E-state index contributed by atoms with van der Waals surface area (Å²) in [5.74, 6) is 0.986. The number of fused-ring (bicyclic) bond motifs is 1. The molecule has 1 aliphatic carbocycles. The van der Waals surface area contributed by atoms with Gasteiger partial charge in [-0.1, -0.05) is 6.07 Å². The van der Waals surface area contributed by atoms with Gasteiger partial charge in [0.2, 0.25) is 0 Å². The molecule has 0 bridgehead atoms. The lowest BCUT2D eigenvalue weighted by atomic mass is 9.99. The Bertz CT molecular complexity index is 510. The highest BCUT2D eigenvalue weighted by atomic mass is 16.5. The predicted molar refractivity (Wildman–Crippen MR) is 75.4 cm³/mol. The van der Waals surface area contributed by atoms with Crippen LogP contribution in [0.5, 0.6) is 5.75 Å². The average Bonchev–Trinajstić information content (AvgIpc) is 3.27. The van der Waals surface area contributed by atoms with Crippen molar-refractivity contribution in [3.8, 4) is 5.75 Å². The van der Waals surface area contributed by atoms with E-state index in [4.69, 9.17) is 4.74 Å². The second kappa shape index (κ2) is 5.44. The molecule has 1 saturated carbocycles. The van der Waals surface area contributed by atoms with Gasteiger partial charge in [0.05, 0.1) is 6.61 Å². The summed E-state index contributed by atoms with van der Waals surface area (Å²) in [6, 6.07) is 5.40. The highest BCUT2D eigenvalue weighted by molar-refractivity contribution is 5.80. The maximum absolute atomic E-state index is 12.4. The van der Waals surface area contributed by atoms with Gasteiger partial charge < -0.3 is 14.7 Å². The smallest absolute Gasteiger partial charge is 0.251 e. The highest BCUT2D eigenvalue weighted by Gasteiger charge is 2.28. The van der Waals surface area contributed by atoms with Crippen LogP contribution in [-0.2, 0) is 22.5 Å². The van der Waals surface area contributed by atoms with E-state index in [-0.39, 0.29) is 17.8 Å². The number of phenolic OH excluding ortho intramolecular Hbond substituents is 1. The van der Waals surface area contributed by atoms with Crippen LogP contribution in [0.3, 0.4) is 0 Å². The fourth-order valence-electron chi connectivity index (χ4n) is 2.62. The molecule has 1 amide bonds. The van der Waals surface area contributed by atoms with Crippen LogP contribution < -0.4 is 0 Å². The minimum atomic E-state index is -0.366. The average molecular weight is 275 g/mol. The molecule has 1 N–H and O–H groups in total. The topological polar surface area (TPSA) is 49.8 Å². The molecule has 2 aliphatic rings. The summed E-state index contributed by atoms with van der Waals surface area (Å²) in [6.45, 7) is 3.84. The number of aromatic hydroxyl groups is 1. The molecule has 1 atom stereocenters. The van der Waals surface area contributed by atoms with E-state index in [2.05, 4.69) is 0 Å².